The number of H-pyrrole nitrogens is 1. The number of aryl methyl sites for hydroxylation is 3. The van der Waals surface area contributed by atoms with Crippen LogP contribution in [0.2, 0.25) is 5.02 Å². The fourth-order valence-corrected chi connectivity index (χ4v) is 3.23. The molecule has 2 heterocycles. The minimum absolute atomic E-state index is 0.714. The maximum absolute atomic E-state index is 5.98. The van der Waals surface area contributed by atoms with E-state index in [0.29, 0.717) is 5.02 Å². The molecule has 0 saturated carbocycles. The maximum Gasteiger partial charge on any atom is 0.178 e. The van der Waals surface area contributed by atoms with Crippen LogP contribution in [0.4, 0.5) is 0 Å². The molecule has 0 spiro atoms. The summed E-state index contributed by atoms with van der Waals surface area (Å²) in [6.07, 6.45) is 0.883. The number of imidazole rings is 1. The largest absolute Gasteiger partial charge is 0.331 e. The molecule has 0 aliphatic rings. The van der Waals surface area contributed by atoms with Crippen LogP contribution in [0.3, 0.4) is 0 Å². The number of benzene rings is 1. The second kappa shape index (κ2) is 5.07. The quantitative estimate of drug-likeness (QED) is 0.729. The van der Waals surface area contributed by atoms with Gasteiger partial charge < -0.3 is 9.55 Å². The Hall–Kier alpha value is -1.17. The third kappa shape index (κ3) is 2.59. The summed E-state index contributed by atoms with van der Waals surface area (Å²) in [6.45, 7) is 2.84. The number of aromatic amines is 1. The van der Waals surface area contributed by atoms with Gasteiger partial charge in [0.05, 0.1) is 21.7 Å². The molecule has 98 valence electrons. The molecule has 1 N–H and O–H groups in total. The molecule has 19 heavy (non-hydrogen) atoms. The van der Waals surface area contributed by atoms with Crippen LogP contribution >= 0.6 is 35.2 Å². The molecule has 0 aliphatic heterocycles. The summed E-state index contributed by atoms with van der Waals surface area (Å²) in [4.78, 5) is 7.66. The summed E-state index contributed by atoms with van der Waals surface area (Å²) in [6, 6.07) is 5.78. The van der Waals surface area contributed by atoms with Crippen molar-refractivity contribution in [2.75, 3.05) is 0 Å². The number of aromatic nitrogens is 3. The predicted molar refractivity (Wildman–Crippen MR) is 82.7 cm³/mol. The number of fused-ring (bicyclic) bond motifs is 1. The Morgan fingerprint density at radius 2 is 2.32 bits per heavy atom. The molecule has 6 heteroatoms. The topological polar surface area (TPSA) is 33.6 Å². The number of hydrogen-bond acceptors (Lipinski definition) is 3. The number of nitrogens with zero attached hydrogens (tertiary/aromatic N) is 2. The van der Waals surface area contributed by atoms with Gasteiger partial charge in [-0.1, -0.05) is 11.6 Å². The van der Waals surface area contributed by atoms with Crippen molar-refractivity contribution in [1.29, 1.82) is 0 Å². The van der Waals surface area contributed by atoms with E-state index in [-0.39, 0.29) is 0 Å². The van der Waals surface area contributed by atoms with E-state index in [4.69, 9.17) is 23.8 Å². The Morgan fingerprint density at radius 1 is 1.47 bits per heavy atom. The highest BCUT2D eigenvalue weighted by Crippen LogP contribution is 2.19. The predicted octanol–water partition coefficient (Wildman–Crippen LogP) is 4.36. The van der Waals surface area contributed by atoms with Crippen LogP contribution in [0.5, 0.6) is 0 Å². The first-order valence-electron chi connectivity index (χ1n) is 5.92. The smallest absolute Gasteiger partial charge is 0.178 e. The third-order valence-corrected chi connectivity index (χ3v) is 4.37. The second-order valence-corrected chi connectivity index (χ2v) is 6.24. The van der Waals surface area contributed by atoms with Crippen LogP contribution in [0.1, 0.15) is 10.7 Å². The normalized spacial score (nSPS) is 11.3. The van der Waals surface area contributed by atoms with E-state index >= 15 is 0 Å². The van der Waals surface area contributed by atoms with Crippen LogP contribution in [-0.2, 0) is 13.0 Å². The molecule has 3 nitrogen and oxygen atoms in total. The summed E-state index contributed by atoms with van der Waals surface area (Å²) < 4.78 is 2.82. The Morgan fingerprint density at radius 3 is 3.05 bits per heavy atom. The van der Waals surface area contributed by atoms with Crippen molar-refractivity contribution < 1.29 is 0 Å². The van der Waals surface area contributed by atoms with Crippen molar-refractivity contribution in [2.24, 2.45) is 0 Å². The molecule has 1 aromatic carbocycles. The van der Waals surface area contributed by atoms with Crippen molar-refractivity contribution in [3.63, 3.8) is 0 Å². The fourth-order valence-electron chi connectivity index (χ4n) is 2.11. The number of nitrogens with one attached hydrogen (secondary N) is 1. The van der Waals surface area contributed by atoms with Crippen molar-refractivity contribution in [3.8, 4) is 0 Å². The van der Waals surface area contributed by atoms with Gasteiger partial charge in [0.2, 0.25) is 0 Å². The van der Waals surface area contributed by atoms with Crippen LogP contribution < -0.4 is 0 Å². The van der Waals surface area contributed by atoms with Crippen molar-refractivity contribution >= 4 is 46.2 Å². The highest BCUT2D eigenvalue weighted by atomic mass is 35.5. The van der Waals surface area contributed by atoms with Gasteiger partial charge in [-0.05, 0) is 37.3 Å². The average Bonchev–Trinajstić information content (AvgIpc) is 2.89. The zero-order valence-electron chi connectivity index (χ0n) is 10.3. The molecule has 0 saturated heterocycles. The molecular weight excluding hydrogens is 298 g/mol. The van der Waals surface area contributed by atoms with Gasteiger partial charge in [-0.15, -0.1) is 11.3 Å². The SMILES string of the molecule is Cc1nc(CCn2c(=S)[nH]c3cc(Cl)ccc32)cs1. The summed E-state index contributed by atoms with van der Waals surface area (Å²) in [7, 11) is 0. The highest BCUT2D eigenvalue weighted by molar-refractivity contribution is 7.71. The zero-order chi connectivity index (χ0) is 13.4. The Kier molecular flexibility index (Phi) is 3.43. The average molecular weight is 310 g/mol. The van der Waals surface area contributed by atoms with Gasteiger partial charge in [0.25, 0.3) is 0 Å². The van der Waals surface area contributed by atoms with Gasteiger partial charge >= 0.3 is 0 Å². The van der Waals surface area contributed by atoms with E-state index in [1.807, 2.05) is 25.1 Å². The summed E-state index contributed by atoms with van der Waals surface area (Å²) in [5.74, 6) is 0. The lowest BCUT2D eigenvalue weighted by atomic mass is 10.3. The van der Waals surface area contributed by atoms with Crippen LogP contribution in [0.25, 0.3) is 11.0 Å². The molecule has 0 bridgehead atoms. The molecule has 0 aliphatic carbocycles. The minimum Gasteiger partial charge on any atom is -0.331 e. The lowest BCUT2D eigenvalue weighted by Crippen LogP contribution is -2.01. The van der Waals surface area contributed by atoms with Crippen molar-refractivity contribution in [1.82, 2.24) is 14.5 Å². The van der Waals surface area contributed by atoms with E-state index in [0.717, 1.165) is 39.5 Å². The van der Waals surface area contributed by atoms with Crippen LogP contribution in [0, 0.1) is 11.7 Å². The third-order valence-electron chi connectivity index (χ3n) is 2.99. The molecular formula is C13H12ClN3S2. The van der Waals surface area contributed by atoms with Gasteiger partial charge in [0, 0.05) is 23.4 Å². The van der Waals surface area contributed by atoms with E-state index in [2.05, 4.69) is 19.9 Å². The summed E-state index contributed by atoms with van der Waals surface area (Å²) in [5, 5.41) is 3.92. The van der Waals surface area contributed by atoms with E-state index in [1.54, 1.807) is 11.3 Å². The molecule has 0 fully saturated rings. The first-order chi connectivity index (χ1) is 9.13. The van der Waals surface area contributed by atoms with E-state index in [9.17, 15) is 0 Å². The van der Waals surface area contributed by atoms with Gasteiger partial charge in [-0.25, -0.2) is 4.98 Å². The first kappa shape index (κ1) is 12.8. The van der Waals surface area contributed by atoms with Crippen LogP contribution in [-0.4, -0.2) is 14.5 Å². The molecule has 0 atom stereocenters. The highest BCUT2D eigenvalue weighted by Gasteiger charge is 2.06. The molecule has 0 amide bonds. The van der Waals surface area contributed by atoms with Crippen molar-refractivity contribution in [2.45, 2.75) is 19.9 Å². The Labute approximate surface area is 124 Å². The number of halogens is 1. The molecule has 3 aromatic rings. The van der Waals surface area contributed by atoms with E-state index in [1.165, 1.54) is 0 Å². The number of rotatable bonds is 3. The van der Waals surface area contributed by atoms with E-state index < -0.39 is 0 Å². The zero-order valence-corrected chi connectivity index (χ0v) is 12.7. The monoisotopic (exact) mass is 309 g/mol. The lowest BCUT2D eigenvalue weighted by Gasteiger charge is -2.02. The van der Waals surface area contributed by atoms with Gasteiger partial charge in [0.1, 0.15) is 0 Å². The first-order valence-corrected chi connectivity index (χ1v) is 7.59. The number of thiazole rings is 1. The molecule has 2 aromatic heterocycles. The molecule has 0 radical (unpaired) electrons. The van der Waals surface area contributed by atoms with Crippen molar-refractivity contribution in [3.05, 3.63) is 44.1 Å². The maximum atomic E-state index is 5.98. The lowest BCUT2D eigenvalue weighted by molar-refractivity contribution is 0.697. The van der Waals surface area contributed by atoms with Crippen LogP contribution in [0.15, 0.2) is 23.6 Å². The second-order valence-electron chi connectivity index (χ2n) is 4.35. The molecule has 0 unspecified atom stereocenters. The molecule has 3 rings (SSSR count). The summed E-state index contributed by atoms with van der Waals surface area (Å²) >= 11 is 13.0. The summed E-state index contributed by atoms with van der Waals surface area (Å²) in [5.41, 5.74) is 3.18. The Bertz CT molecular complexity index is 785. The van der Waals surface area contributed by atoms with Gasteiger partial charge in [0.15, 0.2) is 4.77 Å². The fraction of sp³-hybridized carbons (Fsp3) is 0.231. The minimum atomic E-state index is 0.714. The number of hydrogen-bond donors (Lipinski definition) is 1. The standard InChI is InChI=1S/C13H12ClN3S2/c1-8-15-10(7-19-8)4-5-17-12-3-2-9(14)6-11(12)16-13(17)18/h2-3,6-7H,4-5H2,1H3,(H,16,18). The van der Waals surface area contributed by atoms with Gasteiger partial charge in [-0.3, -0.25) is 0 Å². The Balaban J connectivity index is 1.92. The van der Waals surface area contributed by atoms with Gasteiger partial charge in [-0.2, -0.15) is 0 Å².